The molecule has 1 heterocycles. The van der Waals surface area contributed by atoms with Gasteiger partial charge < -0.3 is 0 Å². The van der Waals surface area contributed by atoms with Crippen LogP contribution in [0.5, 0.6) is 0 Å². The zero-order valence-electron chi connectivity index (χ0n) is 9.11. The smallest absolute Gasteiger partial charge is 0.297 e. The molecule has 7 heteroatoms. The van der Waals surface area contributed by atoms with E-state index in [0.717, 1.165) is 6.07 Å². The Morgan fingerprint density at radius 1 is 1.22 bits per heavy atom. The number of fused-ring (bicyclic) bond motifs is 1. The summed E-state index contributed by atoms with van der Waals surface area (Å²) in [6, 6.07) is 7.20. The highest BCUT2D eigenvalue weighted by molar-refractivity contribution is 5.82. The van der Waals surface area contributed by atoms with Crippen molar-refractivity contribution in [3.05, 3.63) is 42.1 Å². The van der Waals surface area contributed by atoms with Crippen molar-refractivity contribution in [3.8, 4) is 0 Å². The van der Waals surface area contributed by atoms with E-state index in [2.05, 4.69) is 10.8 Å². The summed E-state index contributed by atoms with van der Waals surface area (Å²) in [5.74, 6) is 4.41. The van der Waals surface area contributed by atoms with E-state index in [0.29, 0.717) is 11.9 Å². The Bertz CT molecular complexity index is 523. The number of rotatable bonds is 1. The SMILES string of the molecule is FC(F)(F)c1ccnc2ccccc12.NNC=O. The maximum atomic E-state index is 12.5. The maximum absolute atomic E-state index is 12.5. The number of alkyl halides is 3. The third-order valence-electron chi connectivity index (χ3n) is 2.02. The van der Waals surface area contributed by atoms with E-state index in [1.54, 1.807) is 23.6 Å². The second-order valence-corrected chi connectivity index (χ2v) is 3.16. The Balaban J connectivity index is 0.000000357. The number of pyridine rings is 1. The molecule has 0 spiro atoms. The van der Waals surface area contributed by atoms with Crippen LogP contribution in [0.2, 0.25) is 0 Å². The summed E-state index contributed by atoms with van der Waals surface area (Å²) in [4.78, 5) is 12.8. The largest absolute Gasteiger partial charge is 0.417 e. The minimum absolute atomic E-state index is 0.141. The number of nitrogens with two attached hydrogens (primary N) is 1. The van der Waals surface area contributed by atoms with Gasteiger partial charge in [-0.25, -0.2) is 5.84 Å². The van der Waals surface area contributed by atoms with Gasteiger partial charge in [-0.2, -0.15) is 13.2 Å². The van der Waals surface area contributed by atoms with Gasteiger partial charge in [-0.3, -0.25) is 15.2 Å². The van der Waals surface area contributed by atoms with Crippen LogP contribution >= 0.6 is 0 Å². The lowest BCUT2D eigenvalue weighted by Crippen LogP contribution is -2.18. The summed E-state index contributed by atoms with van der Waals surface area (Å²) in [6.07, 6.45) is -2.74. The molecule has 0 bridgehead atoms. The van der Waals surface area contributed by atoms with Gasteiger partial charge in [-0.05, 0) is 12.1 Å². The number of amides is 1. The molecule has 0 unspecified atom stereocenters. The fraction of sp³-hybridized carbons (Fsp3) is 0.0909. The second-order valence-electron chi connectivity index (χ2n) is 3.16. The quantitative estimate of drug-likeness (QED) is 0.354. The van der Waals surface area contributed by atoms with Gasteiger partial charge in [-0.1, -0.05) is 18.2 Å². The van der Waals surface area contributed by atoms with E-state index in [1.165, 1.54) is 12.3 Å². The van der Waals surface area contributed by atoms with E-state index in [4.69, 9.17) is 4.79 Å². The predicted molar refractivity (Wildman–Crippen MR) is 60.1 cm³/mol. The van der Waals surface area contributed by atoms with Crippen molar-refractivity contribution in [1.82, 2.24) is 10.4 Å². The molecule has 1 amide bonds. The molecule has 4 nitrogen and oxygen atoms in total. The number of nitrogens with one attached hydrogen (secondary N) is 1. The number of benzene rings is 1. The van der Waals surface area contributed by atoms with Crippen LogP contribution in [0, 0.1) is 0 Å². The average Bonchev–Trinajstić information content (AvgIpc) is 2.37. The molecule has 0 fully saturated rings. The lowest BCUT2D eigenvalue weighted by Gasteiger charge is -2.08. The third-order valence-corrected chi connectivity index (χ3v) is 2.02. The zero-order valence-corrected chi connectivity index (χ0v) is 9.11. The summed E-state index contributed by atoms with van der Waals surface area (Å²) in [5, 5.41) is 0.141. The van der Waals surface area contributed by atoms with Crippen LogP contribution in [-0.4, -0.2) is 11.4 Å². The van der Waals surface area contributed by atoms with Crippen LogP contribution < -0.4 is 11.3 Å². The third kappa shape index (κ3) is 3.42. The van der Waals surface area contributed by atoms with Gasteiger partial charge >= 0.3 is 6.18 Å². The Kier molecular flexibility index (Phi) is 4.61. The van der Waals surface area contributed by atoms with Crippen molar-refractivity contribution in [3.63, 3.8) is 0 Å². The van der Waals surface area contributed by atoms with Crippen LogP contribution in [-0.2, 0) is 11.0 Å². The van der Waals surface area contributed by atoms with Gasteiger partial charge in [0, 0.05) is 11.6 Å². The first-order valence-corrected chi connectivity index (χ1v) is 4.81. The standard InChI is InChI=1S/C10H6F3N.CH4N2O/c11-10(12,13)8-5-6-14-9-4-2-1-3-7(8)9;2-3-1-4/h1-6H;1H,2H2,(H,3,4). The van der Waals surface area contributed by atoms with Crippen LogP contribution in [0.1, 0.15) is 5.56 Å². The van der Waals surface area contributed by atoms with Crippen molar-refractivity contribution in [2.24, 2.45) is 5.84 Å². The highest BCUT2D eigenvalue weighted by atomic mass is 19.4. The summed E-state index contributed by atoms with van der Waals surface area (Å²) < 4.78 is 37.5. The normalized spacial score (nSPS) is 10.4. The number of hydrogen-bond acceptors (Lipinski definition) is 3. The van der Waals surface area contributed by atoms with E-state index in [-0.39, 0.29) is 5.39 Å². The topological polar surface area (TPSA) is 68.0 Å². The minimum Gasteiger partial charge on any atom is -0.297 e. The Hall–Kier alpha value is -2.15. The van der Waals surface area contributed by atoms with Gasteiger partial charge in [0.1, 0.15) is 0 Å². The Labute approximate surface area is 101 Å². The molecule has 18 heavy (non-hydrogen) atoms. The molecular weight excluding hydrogens is 247 g/mol. The molecule has 0 saturated carbocycles. The average molecular weight is 257 g/mol. The fourth-order valence-electron chi connectivity index (χ4n) is 1.34. The lowest BCUT2D eigenvalue weighted by molar-refractivity contribution is -0.136. The van der Waals surface area contributed by atoms with Crippen LogP contribution in [0.4, 0.5) is 13.2 Å². The fourth-order valence-corrected chi connectivity index (χ4v) is 1.34. The molecule has 0 radical (unpaired) electrons. The van der Waals surface area contributed by atoms with Crippen molar-refractivity contribution < 1.29 is 18.0 Å². The summed E-state index contributed by atoms with van der Waals surface area (Å²) in [6.45, 7) is 0. The number of carbonyl (C=O) groups excluding carboxylic acids is 1. The number of halogens is 3. The number of carbonyl (C=O) groups is 1. The van der Waals surface area contributed by atoms with Gasteiger partial charge in [0.15, 0.2) is 0 Å². The molecule has 1 aromatic heterocycles. The number of aromatic nitrogens is 1. The van der Waals surface area contributed by atoms with Crippen molar-refractivity contribution in [1.29, 1.82) is 0 Å². The summed E-state index contributed by atoms with van der Waals surface area (Å²) in [7, 11) is 0. The first-order valence-electron chi connectivity index (χ1n) is 4.81. The molecule has 0 atom stereocenters. The highest BCUT2D eigenvalue weighted by Gasteiger charge is 2.32. The highest BCUT2D eigenvalue weighted by Crippen LogP contribution is 2.33. The van der Waals surface area contributed by atoms with Crippen LogP contribution in [0.25, 0.3) is 10.9 Å². The van der Waals surface area contributed by atoms with E-state index in [1.807, 2.05) is 0 Å². The summed E-state index contributed by atoms with van der Waals surface area (Å²) in [5.41, 5.74) is 1.48. The maximum Gasteiger partial charge on any atom is 0.417 e. The zero-order chi connectivity index (χ0) is 13.6. The predicted octanol–water partition coefficient (Wildman–Crippen LogP) is 1.86. The first kappa shape index (κ1) is 13.9. The Morgan fingerprint density at radius 3 is 2.39 bits per heavy atom. The van der Waals surface area contributed by atoms with Gasteiger partial charge in [0.05, 0.1) is 11.1 Å². The van der Waals surface area contributed by atoms with Gasteiger partial charge in [-0.15, -0.1) is 0 Å². The number of para-hydroxylation sites is 1. The second kappa shape index (κ2) is 5.97. The molecular formula is C11H10F3N3O. The number of hydrazine groups is 1. The van der Waals surface area contributed by atoms with E-state index < -0.39 is 11.7 Å². The van der Waals surface area contributed by atoms with Crippen LogP contribution in [0.15, 0.2) is 36.5 Å². The van der Waals surface area contributed by atoms with Gasteiger partial charge in [0.25, 0.3) is 0 Å². The van der Waals surface area contributed by atoms with Gasteiger partial charge in [0.2, 0.25) is 6.41 Å². The molecule has 2 rings (SSSR count). The van der Waals surface area contributed by atoms with Crippen molar-refractivity contribution >= 4 is 17.3 Å². The first-order chi connectivity index (χ1) is 8.50. The Morgan fingerprint density at radius 2 is 1.83 bits per heavy atom. The molecule has 0 aliphatic heterocycles. The lowest BCUT2D eigenvalue weighted by atomic mass is 10.1. The van der Waals surface area contributed by atoms with Crippen molar-refractivity contribution in [2.45, 2.75) is 6.18 Å². The monoisotopic (exact) mass is 257 g/mol. The molecule has 0 saturated heterocycles. The number of hydrogen-bond donors (Lipinski definition) is 2. The number of nitrogens with zero attached hydrogens (tertiary/aromatic N) is 1. The van der Waals surface area contributed by atoms with Crippen LogP contribution in [0.3, 0.4) is 0 Å². The molecule has 96 valence electrons. The molecule has 1 aromatic carbocycles. The molecule has 3 N–H and O–H groups in total. The summed E-state index contributed by atoms with van der Waals surface area (Å²) >= 11 is 0. The van der Waals surface area contributed by atoms with E-state index >= 15 is 0 Å². The molecule has 0 aliphatic carbocycles. The van der Waals surface area contributed by atoms with E-state index in [9.17, 15) is 13.2 Å². The minimum atomic E-state index is -4.32. The molecule has 0 aliphatic rings. The molecule has 2 aromatic rings. The van der Waals surface area contributed by atoms with Crippen molar-refractivity contribution in [2.75, 3.05) is 0 Å².